The van der Waals surface area contributed by atoms with Crippen molar-refractivity contribution < 1.29 is 34.1 Å². The molecule has 8 heteroatoms. The summed E-state index contributed by atoms with van der Waals surface area (Å²) in [7, 11) is 0. The van der Waals surface area contributed by atoms with Crippen LogP contribution in [0.3, 0.4) is 0 Å². The fraction of sp³-hybridized carbons (Fsp3) is 0.857. The van der Waals surface area contributed by atoms with E-state index in [2.05, 4.69) is 0 Å². The number of amides is 1. The molecular formula is C14H27NO7. The van der Waals surface area contributed by atoms with E-state index in [0.717, 1.165) is 0 Å². The van der Waals surface area contributed by atoms with Gasteiger partial charge in [0.15, 0.2) is 0 Å². The number of rotatable bonds is 4. The highest BCUT2D eigenvalue weighted by atomic mass is 16.8. The Kier molecular flexibility index (Phi) is 7.61. The molecule has 0 saturated carbocycles. The fourth-order valence-corrected chi connectivity index (χ4v) is 1.20. The lowest BCUT2D eigenvalue weighted by Crippen LogP contribution is -2.41. The summed E-state index contributed by atoms with van der Waals surface area (Å²) in [4.78, 5) is 28.5. The van der Waals surface area contributed by atoms with Gasteiger partial charge in [0.05, 0.1) is 19.3 Å². The molecule has 0 aromatic carbocycles. The van der Waals surface area contributed by atoms with Crippen LogP contribution in [-0.4, -0.2) is 58.0 Å². The van der Waals surface area contributed by atoms with Crippen LogP contribution in [0.1, 0.15) is 48.0 Å². The van der Waals surface area contributed by atoms with Gasteiger partial charge in [-0.25, -0.2) is 9.59 Å². The van der Waals surface area contributed by atoms with Gasteiger partial charge < -0.3 is 24.5 Å². The highest BCUT2D eigenvalue weighted by Crippen LogP contribution is 2.13. The Morgan fingerprint density at radius 3 is 1.95 bits per heavy atom. The van der Waals surface area contributed by atoms with Crippen LogP contribution in [0.25, 0.3) is 0 Å². The van der Waals surface area contributed by atoms with E-state index in [4.69, 9.17) is 19.4 Å². The number of hydroxylamine groups is 2. The van der Waals surface area contributed by atoms with Gasteiger partial charge >= 0.3 is 12.2 Å². The highest BCUT2D eigenvalue weighted by Gasteiger charge is 2.28. The van der Waals surface area contributed by atoms with Crippen LogP contribution in [0.2, 0.25) is 0 Å². The van der Waals surface area contributed by atoms with E-state index in [9.17, 15) is 14.7 Å². The summed E-state index contributed by atoms with van der Waals surface area (Å²) in [5, 5.41) is 18.8. The minimum atomic E-state index is -1.06. The smallest absolute Gasteiger partial charge is 0.442 e. The first-order chi connectivity index (χ1) is 9.84. The minimum Gasteiger partial charge on any atom is -0.442 e. The Labute approximate surface area is 130 Å². The Morgan fingerprint density at radius 2 is 1.55 bits per heavy atom. The number of aliphatic hydroxyl groups excluding tert-OH is 2. The highest BCUT2D eigenvalue weighted by molar-refractivity contribution is 5.70. The van der Waals surface area contributed by atoms with Crippen LogP contribution in [0.15, 0.2) is 0 Å². The van der Waals surface area contributed by atoms with Crippen LogP contribution >= 0.6 is 0 Å². The molecule has 0 radical (unpaired) electrons. The maximum atomic E-state index is 12.0. The Morgan fingerprint density at radius 1 is 1.05 bits per heavy atom. The molecule has 0 rings (SSSR count). The molecule has 8 nitrogen and oxygen atoms in total. The second-order valence-corrected chi connectivity index (χ2v) is 6.76. The summed E-state index contributed by atoms with van der Waals surface area (Å²) in [5.41, 5.74) is -1.55. The molecule has 0 aliphatic rings. The van der Waals surface area contributed by atoms with E-state index < -0.39 is 36.2 Å². The SMILES string of the molecule is CC(C)(C)OC(=O)ON(CCC(O)CO)C(=O)OC(C)(C)C. The molecule has 0 spiro atoms. The van der Waals surface area contributed by atoms with E-state index in [1.807, 2.05) is 0 Å². The molecule has 130 valence electrons. The average Bonchev–Trinajstić information content (AvgIpc) is 2.29. The van der Waals surface area contributed by atoms with Gasteiger partial charge in [0, 0.05) is 0 Å². The van der Waals surface area contributed by atoms with Crippen LogP contribution < -0.4 is 0 Å². The van der Waals surface area contributed by atoms with Crippen molar-refractivity contribution in [2.24, 2.45) is 0 Å². The van der Waals surface area contributed by atoms with Gasteiger partial charge in [-0.2, -0.15) is 0 Å². The van der Waals surface area contributed by atoms with Gasteiger partial charge in [-0.15, -0.1) is 5.06 Å². The predicted molar refractivity (Wildman–Crippen MR) is 78.0 cm³/mol. The van der Waals surface area contributed by atoms with Crippen molar-refractivity contribution in [1.82, 2.24) is 5.06 Å². The number of nitrogens with zero attached hydrogens (tertiary/aromatic N) is 1. The molecule has 0 heterocycles. The summed E-state index contributed by atoms with van der Waals surface area (Å²) in [6.45, 7) is 9.35. The van der Waals surface area contributed by atoms with Crippen molar-refractivity contribution in [3.8, 4) is 0 Å². The fourth-order valence-electron chi connectivity index (χ4n) is 1.20. The zero-order valence-corrected chi connectivity index (χ0v) is 14.1. The molecule has 0 aliphatic heterocycles. The van der Waals surface area contributed by atoms with Crippen LogP contribution in [-0.2, 0) is 14.3 Å². The third-order valence-electron chi connectivity index (χ3n) is 2.05. The molecule has 1 unspecified atom stereocenters. The number of ether oxygens (including phenoxy) is 2. The van der Waals surface area contributed by atoms with E-state index in [-0.39, 0.29) is 13.0 Å². The summed E-state index contributed by atoms with van der Waals surface area (Å²) in [6, 6.07) is 0. The lowest BCUT2D eigenvalue weighted by molar-refractivity contribution is -0.139. The van der Waals surface area contributed by atoms with Crippen LogP contribution in [0.5, 0.6) is 0 Å². The molecule has 0 bridgehead atoms. The monoisotopic (exact) mass is 321 g/mol. The lowest BCUT2D eigenvalue weighted by Gasteiger charge is -2.27. The van der Waals surface area contributed by atoms with Crippen LogP contribution in [0.4, 0.5) is 9.59 Å². The molecule has 0 aromatic heterocycles. The van der Waals surface area contributed by atoms with E-state index in [0.29, 0.717) is 5.06 Å². The number of carbonyl (C=O) groups is 2. The second kappa shape index (κ2) is 8.19. The molecule has 0 aliphatic carbocycles. The Balaban J connectivity index is 4.78. The average molecular weight is 321 g/mol. The summed E-state index contributed by atoms with van der Waals surface area (Å²) >= 11 is 0. The van der Waals surface area contributed by atoms with Crippen molar-refractivity contribution in [3.63, 3.8) is 0 Å². The number of hydrogen-bond acceptors (Lipinski definition) is 7. The quantitative estimate of drug-likeness (QED) is 0.601. The standard InChI is InChI=1S/C14H27NO7/c1-13(2,3)20-11(18)15(8-7-10(17)9-16)22-12(19)21-14(4,5)6/h10,16-17H,7-9H2,1-6H3. The molecule has 0 aromatic rings. The summed E-state index contributed by atoms with van der Waals surface area (Å²) in [6.07, 6.45) is -2.97. The number of aliphatic hydroxyl groups is 2. The molecule has 1 amide bonds. The third kappa shape index (κ3) is 10.2. The third-order valence-corrected chi connectivity index (χ3v) is 2.05. The van der Waals surface area contributed by atoms with Gasteiger partial charge in [0.25, 0.3) is 0 Å². The number of carbonyl (C=O) groups excluding carboxylic acids is 2. The van der Waals surface area contributed by atoms with E-state index >= 15 is 0 Å². The van der Waals surface area contributed by atoms with Crippen molar-refractivity contribution in [1.29, 1.82) is 0 Å². The van der Waals surface area contributed by atoms with Crippen LogP contribution in [0, 0.1) is 0 Å². The summed E-state index contributed by atoms with van der Waals surface area (Å²) < 4.78 is 10.1. The largest absolute Gasteiger partial charge is 0.534 e. The van der Waals surface area contributed by atoms with Gasteiger partial charge in [-0.3, -0.25) is 0 Å². The normalized spacial score (nSPS) is 13.3. The molecule has 0 fully saturated rings. The van der Waals surface area contributed by atoms with Crippen molar-refractivity contribution in [2.75, 3.05) is 13.2 Å². The van der Waals surface area contributed by atoms with Gasteiger partial charge in [-0.1, -0.05) is 0 Å². The van der Waals surface area contributed by atoms with E-state index in [1.165, 1.54) is 0 Å². The molecular weight excluding hydrogens is 294 g/mol. The maximum Gasteiger partial charge on any atom is 0.534 e. The zero-order chi connectivity index (χ0) is 17.6. The minimum absolute atomic E-state index is 0.0124. The van der Waals surface area contributed by atoms with Crippen molar-refractivity contribution in [2.45, 2.75) is 65.3 Å². The topological polar surface area (TPSA) is 106 Å². The van der Waals surface area contributed by atoms with Crippen molar-refractivity contribution in [3.05, 3.63) is 0 Å². The molecule has 22 heavy (non-hydrogen) atoms. The first-order valence-corrected chi connectivity index (χ1v) is 7.04. The van der Waals surface area contributed by atoms with E-state index in [1.54, 1.807) is 41.5 Å². The predicted octanol–water partition coefficient (Wildman–Crippen LogP) is 1.83. The molecule has 1 atom stereocenters. The van der Waals surface area contributed by atoms with Gasteiger partial charge in [0.2, 0.25) is 0 Å². The van der Waals surface area contributed by atoms with Crippen molar-refractivity contribution >= 4 is 12.2 Å². The van der Waals surface area contributed by atoms with Gasteiger partial charge in [0.1, 0.15) is 11.2 Å². The molecule has 0 saturated heterocycles. The zero-order valence-electron chi connectivity index (χ0n) is 14.1. The Hall–Kier alpha value is -1.54. The first kappa shape index (κ1) is 20.5. The summed E-state index contributed by atoms with van der Waals surface area (Å²) in [5.74, 6) is 0. The molecule has 2 N–H and O–H groups in total. The Bertz CT molecular complexity index is 370. The maximum absolute atomic E-state index is 12.0. The first-order valence-electron chi connectivity index (χ1n) is 7.04. The lowest BCUT2D eigenvalue weighted by atomic mass is 10.2. The second-order valence-electron chi connectivity index (χ2n) is 6.76. The van der Waals surface area contributed by atoms with Gasteiger partial charge in [-0.05, 0) is 48.0 Å². The number of hydrogen-bond donors (Lipinski definition) is 2.